The van der Waals surface area contributed by atoms with E-state index in [-0.39, 0.29) is 5.91 Å². The van der Waals surface area contributed by atoms with Crippen molar-refractivity contribution in [2.24, 2.45) is 7.05 Å². The van der Waals surface area contributed by atoms with Crippen molar-refractivity contribution in [3.63, 3.8) is 0 Å². The molecule has 0 saturated heterocycles. The van der Waals surface area contributed by atoms with Crippen molar-refractivity contribution < 1.29 is 4.79 Å². The van der Waals surface area contributed by atoms with E-state index in [0.717, 1.165) is 27.1 Å². The van der Waals surface area contributed by atoms with Gasteiger partial charge in [0.05, 0.1) is 11.3 Å². The predicted octanol–water partition coefficient (Wildman–Crippen LogP) is 3.65. The van der Waals surface area contributed by atoms with Crippen LogP contribution in [0.4, 0.5) is 11.6 Å². The third-order valence-electron chi connectivity index (χ3n) is 3.93. The summed E-state index contributed by atoms with van der Waals surface area (Å²) in [5, 5.41) is 10.4. The van der Waals surface area contributed by atoms with Crippen molar-refractivity contribution in [1.82, 2.24) is 14.8 Å². The molecule has 7 heteroatoms. The van der Waals surface area contributed by atoms with Gasteiger partial charge in [-0.05, 0) is 22.0 Å². The molecule has 2 aromatic heterocycles. The zero-order chi connectivity index (χ0) is 17.4. The largest absolute Gasteiger partial charge is 0.346 e. The fourth-order valence-electron chi connectivity index (χ4n) is 2.68. The highest BCUT2D eigenvalue weighted by molar-refractivity contribution is 9.10. The number of amides is 1. The molecule has 0 saturated carbocycles. The van der Waals surface area contributed by atoms with Crippen LogP contribution < -0.4 is 10.6 Å². The molecule has 124 valence electrons. The summed E-state index contributed by atoms with van der Waals surface area (Å²) in [5.41, 5.74) is 3.20. The fraction of sp³-hybridized carbons (Fsp3) is 0.0556. The Balaban J connectivity index is 1.64. The van der Waals surface area contributed by atoms with Crippen molar-refractivity contribution in [3.8, 4) is 11.3 Å². The number of halogens is 1. The first kappa shape index (κ1) is 15.6. The fourth-order valence-corrected chi connectivity index (χ4v) is 3.01. The summed E-state index contributed by atoms with van der Waals surface area (Å²) in [6.07, 6.45) is 3.34. The van der Waals surface area contributed by atoms with Crippen molar-refractivity contribution in [2.75, 3.05) is 10.6 Å². The molecule has 3 aromatic rings. The molecule has 0 spiro atoms. The summed E-state index contributed by atoms with van der Waals surface area (Å²) in [6, 6.07) is 13.8. The Hall–Kier alpha value is -2.93. The van der Waals surface area contributed by atoms with Crippen molar-refractivity contribution in [1.29, 1.82) is 0 Å². The maximum Gasteiger partial charge on any atom is 0.259 e. The van der Waals surface area contributed by atoms with Crippen molar-refractivity contribution in [2.45, 2.75) is 0 Å². The minimum absolute atomic E-state index is 0.182. The number of nitrogens with one attached hydrogen (secondary N) is 2. The second-order valence-electron chi connectivity index (χ2n) is 5.61. The Bertz CT molecular complexity index is 994. The van der Waals surface area contributed by atoms with Crippen LogP contribution in [0.5, 0.6) is 0 Å². The third-order valence-corrected chi connectivity index (χ3v) is 4.37. The first-order chi connectivity index (χ1) is 12.1. The highest BCUT2D eigenvalue weighted by Gasteiger charge is 2.25. The first-order valence-corrected chi connectivity index (χ1v) is 8.44. The zero-order valence-electron chi connectivity index (χ0n) is 13.3. The molecule has 0 radical (unpaired) electrons. The minimum Gasteiger partial charge on any atom is -0.346 e. The average molecular weight is 396 g/mol. The van der Waals surface area contributed by atoms with E-state index in [1.165, 1.54) is 0 Å². The van der Waals surface area contributed by atoms with Crippen LogP contribution in [-0.4, -0.2) is 20.7 Å². The lowest BCUT2D eigenvalue weighted by Gasteiger charge is -2.02. The molecule has 25 heavy (non-hydrogen) atoms. The van der Waals surface area contributed by atoms with Gasteiger partial charge in [0.2, 0.25) is 0 Å². The van der Waals surface area contributed by atoms with E-state index in [0.29, 0.717) is 11.4 Å². The smallest absolute Gasteiger partial charge is 0.259 e. The molecule has 0 bridgehead atoms. The molecule has 0 fully saturated rings. The van der Waals surface area contributed by atoms with Gasteiger partial charge in [-0.3, -0.25) is 9.48 Å². The molecular weight excluding hydrogens is 382 g/mol. The Kier molecular flexibility index (Phi) is 3.85. The molecule has 2 N–H and O–H groups in total. The zero-order valence-corrected chi connectivity index (χ0v) is 14.9. The molecule has 1 aliphatic heterocycles. The number of anilines is 2. The number of hydrogen-bond donors (Lipinski definition) is 2. The van der Waals surface area contributed by atoms with Crippen molar-refractivity contribution >= 4 is 39.0 Å². The molecule has 3 heterocycles. The molecule has 1 aromatic carbocycles. The van der Waals surface area contributed by atoms with Gasteiger partial charge in [-0.15, -0.1) is 0 Å². The minimum atomic E-state index is -0.182. The van der Waals surface area contributed by atoms with Crippen LogP contribution in [0.25, 0.3) is 16.8 Å². The number of nitrogens with zero attached hydrogens (tertiary/aromatic N) is 3. The van der Waals surface area contributed by atoms with E-state index in [2.05, 4.69) is 36.6 Å². The summed E-state index contributed by atoms with van der Waals surface area (Å²) >= 11 is 3.39. The van der Waals surface area contributed by atoms with Crippen LogP contribution in [0.3, 0.4) is 0 Å². The highest BCUT2D eigenvalue weighted by atomic mass is 79.9. The summed E-state index contributed by atoms with van der Waals surface area (Å²) in [6.45, 7) is 0. The monoisotopic (exact) mass is 395 g/mol. The highest BCUT2D eigenvalue weighted by Crippen LogP contribution is 2.32. The standard InChI is InChI=1S/C18H14BrN5O/c1-24-16(8-15(23-24)11-5-3-2-4-6-11)20-10-14-13-7-12(19)9-21-17(13)22-18(14)25/h2-10,20H,1H3,(H,21,22,25). The number of carbonyl (C=O) groups excluding carboxylic acids is 1. The molecule has 0 aliphatic carbocycles. The third kappa shape index (κ3) is 2.94. The van der Waals surface area contributed by atoms with Crippen LogP contribution in [0, 0.1) is 0 Å². The van der Waals surface area contributed by atoms with Crippen LogP contribution in [0.1, 0.15) is 5.56 Å². The predicted molar refractivity (Wildman–Crippen MR) is 101 cm³/mol. The topological polar surface area (TPSA) is 71.8 Å². The number of benzene rings is 1. The SMILES string of the molecule is Cn1nc(-c2ccccc2)cc1NC=C1C(=O)Nc2ncc(Br)cc21. The van der Waals surface area contributed by atoms with Gasteiger partial charge in [0.1, 0.15) is 11.6 Å². The summed E-state index contributed by atoms with van der Waals surface area (Å²) < 4.78 is 2.56. The number of fused-ring (bicyclic) bond motifs is 1. The lowest BCUT2D eigenvalue weighted by atomic mass is 10.1. The number of pyridine rings is 1. The van der Waals surface area contributed by atoms with Gasteiger partial charge in [-0.2, -0.15) is 5.10 Å². The first-order valence-electron chi connectivity index (χ1n) is 7.65. The van der Waals surface area contributed by atoms with Gasteiger partial charge in [-0.1, -0.05) is 30.3 Å². The van der Waals surface area contributed by atoms with E-state index >= 15 is 0 Å². The number of aryl methyl sites for hydroxylation is 1. The maximum absolute atomic E-state index is 12.2. The van der Waals surface area contributed by atoms with Gasteiger partial charge in [0.15, 0.2) is 0 Å². The van der Waals surface area contributed by atoms with E-state index in [1.54, 1.807) is 17.1 Å². The molecular formula is C18H14BrN5O. The second kappa shape index (κ2) is 6.18. The summed E-state index contributed by atoms with van der Waals surface area (Å²) in [5.74, 6) is 1.17. The second-order valence-corrected chi connectivity index (χ2v) is 6.53. The van der Waals surface area contributed by atoms with Gasteiger partial charge in [-0.25, -0.2) is 4.98 Å². The summed E-state index contributed by atoms with van der Waals surface area (Å²) in [4.78, 5) is 16.4. The van der Waals surface area contributed by atoms with E-state index in [9.17, 15) is 4.79 Å². The average Bonchev–Trinajstić information content (AvgIpc) is 3.13. The molecule has 1 aliphatic rings. The van der Waals surface area contributed by atoms with Gasteiger partial charge in [0, 0.05) is 41.1 Å². The quantitative estimate of drug-likeness (QED) is 0.663. The number of hydrogen-bond acceptors (Lipinski definition) is 4. The Morgan fingerprint density at radius 3 is 2.84 bits per heavy atom. The number of rotatable bonds is 3. The van der Waals surface area contributed by atoms with E-state index in [4.69, 9.17) is 0 Å². The molecule has 1 amide bonds. The van der Waals surface area contributed by atoms with E-state index in [1.807, 2.05) is 49.5 Å². The molecule has 4 rings (SSSR count). The lowest BCUT2D eigenvalue weighted by Crippen LogP contribution is -2.06. The lowest BCUT2D eigenvalue weighted by molar-refractivity contribution is -0.110. The summed E-state index contributed by atoms with van der Waals surface area (Å²) in [7, 11) is 1.86. The molecule has 6 nitrogen and oxygen atoms in total. The Labute approximate surface area is 152 Å². The Morgan fingerprint density at radius 1 is 1.24 bits per heavy atom. The number of aromatic nitrogens is 3. The van der Waals surface area contributed by atoms with Crippen molar-refractivity contribution in [3.05, 3.63) is 64.9 Å². The normalized spacial score (nSPS) is 14.5. The van der Waals surface area contributed by atoms with Gasteiger partial charge >= 0.3 is 0 Å². The molecule has 0 unspecified atom stereocenters. The van der Waals surface area contributed by atoms with Crippen LogP contribution >= 0.6 is 15.9 Å². The van der Waals surface area contributed by atoms with Crippen LogP contribution in [-0.2, 0) is 11.8 Å². The maximum atomic E-state index is 12.2. The Morgan fingerprint density at radius 2 is 2.04 bits per heavy atom. The van der Waals surface area contributed by atoms with Crippen LogP contribution in [0.2, 0.25) is 0 Å². The number of carbonyl (C=O) groups is 1. The van der Waals surface area contributed by atoms with Crippen LogP contribution in [0.15, 0.2) is 59.3 Å². The van der Waals surface area contributed by atoms with Gasteiger partial charge < -0.3 is 10.6 Å². The molecule has 0 atom stereocenters. The van der Waals surface area contributed by atoms with Gasteiger partial charge in [0.25, 0.3) is 5.91 Å². The van der Waals surface area contributed by atoms with E-state index < -0.39 is 0 Å².